The van der Waals surface area contributed by atoms with Crippen LogP contribution in [-0.4, -0.2) is 29.0 Å². The summed E-state index contributed by atoms with van der Waals surface area (Å²) in [5.41, 5.74) is 0.966. The molecule has 0 spiro atoms. The summed E-state index contributed by atoms with van der Waals surface area (Å²) in [7, 11) is 1.40. The van der Waals surface area contributed by atoms with Crippen molar-refractivity contribution in [3.63, 3.8) is 0 Å². The average molecular weight is 298 g/mol. The molecule has 1 unspecified atom stereocenters. The lowest BCUT2D eigenvalue weighted by Crippen LogP contribution is -2.14. The monoisotopic (exact) mass is 298 g/mol. The summed E-state index contributed by atoms with van der Waals surface area (Å²) in [4.78, 5) is 15.5. The lowest BCUT2D eigenvalue weighted by atomic mass is 10.2. The van der Waals surface area contributed by atoms with Gasteiger partial charge in [0.25, 0.3) is 0 Å². The smallest absolute Gasteiger partial charge is 0.309 e. The van der Waals surface area contributed by atoms with E-state index in [-0.39, 0.29) is 11.9 Å². The van der Waals surface area contributed by atoms with Gasteiger partial charge in [0.15, 0.2) is 0 Å². The number of rotatable bonds is 6. The number of carbonyl (C=O) groups is 1. The van der Waals surface area contributed by atoms with Gasteiger partial charge in [-0.15, -0.1) is 0 Å². The molecule has 102 valence electrons. The molecule has 0 radical (unpaired) electrons. The highest BCUT2D eigenvalue weighted by atomic mass is 32.2. The van der Waals surface area contributed by atoms with Crippen molar-refractivity contribution in [2.75, 3.05) is 12.9 Å². The van der Waals surface area contributed by atoms with Gasteiger partial charge in [-0.05, 0) is 11.4 Å². The highest BCUT2D eigenvalue weighted by Gasteiger charge is 2.14. The molecule has 2 aromatic rings. The highest BCUT2D eigenvalue weighted by molar-refractivity contribution is 7.98. The van der Waals surface area contributed by atoms with E-state index in [9.17, 15) is 4.79 Å². The molecule has 5 nitrogen and oxygen atoms in total. The van der Waals surface area contributed by atoms with Gasteiger partial charge >= 0.3 is 5.97 Å². The maximum atomic E-state index is 11.2. The summed E-state index contributed by atoms with van der Waals surface area (Å²) in [6.45, 7) is 1.84. The molecular formula is C12H14N2O3S2. The number of carbonyl (C=O) groups excluding carboxylic acids is 1. The predicted molar refractivity (Wildman–Crippen MR) is 75.0 cm³/mol. The third kappa shape index (κ3) is 3.81. The molecule has 0 amide bonds. The van der Waals surface area contributed by atoms with Crippen molar-refractivity contribution in [1.82, 2.24) is 10.1 Å². The zero-order chi connectivity index (χ0) is 13.7. The number of aromatic nitrogens is 2. The lowest BCUT2D eigenvalue weighted by Gasteiger charge is -2.06. The molecule has 7 heteroatoms. The van der Waals surface area contributed by atoms with E-state index in [4.69, 9.17) is 4.52 Å². The number of thiophene rings is 1. The first-order chi connectivity index (χ1) is 9.20. The molecule has 0 N–H and O–H groups in total. The van der Waals surface area contributed by atoms with Crippen LogP contribution in [0.2, 0.25) is 0 Å². The summed E-state index contributed by atoms with van der Waals surface area (Å²) in [6, 6.07) is 1.95. The molecular weight excluding hydrogens is 284 g/mol. The van der Waals surface area contributed by atoms with Crippen LogP contribution in [0.5, 0.6) is 0 Å². The third-order valence-electron chi connectivity index (χ3n) is 2.44. The van der Waals surface area contributed by atoms with Crippen LogP contribution in [0, 0.1) is 5.92 Å². The molecule has 2 rings (SSSR count). The Hall–Kier alpha value is -1.34. The fraction of sp³-hybridized carbons (Fsp3) is 0.417. The van der Waals surface area contributed by atoms with E-state index >= 15 is 0 Å². The number of thioether (sulfide) groups is 1. The summed E-state index contributed by atoms with van der Waals surface area (Å²) < 4.78 is 9.83. The van der Waals surface area contributed by atoms with Crippen LogP contribution in [0.1, 0.15) is 12.8 Å². The van der Waals surface area contributed by atoms with Crippen molar-refractivity contribution in [2.45, 2.75) is 12.7 Å². The molecule has 0 aliphatic heterocycles. The fourth-order valence-electron chi connectivity index (χ4n) is 1.41. The molecule has 0 saturated carbocycles. The van der Waals surface area contributed by atoms with Crippen molar-refractivity contribution < 1.29 is 14.1 Å². The van der Waals surface area contributed by atoms with Gasteiger partial charge in [0.1, 0.15) is 0 Å². The molecule has 0 saturated heterocycles. The van der Waals surface area contributed by atoms with Crippen LogP contribution in [0.4, 0.5) is 0 Å². The maximum absolute atomic E-state index is 11.2. The number of nitrogens with zero attached hydrogens (tertiary/aromatic N) is 2. The van der Waals surface area contributed by atoms with E-state index < -0.39 is 0 Å². The Labute approximate surface area is 119 Å². The molecule has 0 bridgehead atoms. The number of methoxy groups -OCH3 is 1. The number of ether oxygens (including phenoxy) is 1. The Balaban J connectivity index is 1.83. The summed E-state index contributed by atoms with van der Waals surface area (Å²) in [5.74, 6) is 2.12. The van der Waals surface area contributed by atoms with Gasteiger partial charge in [-0.25, -0.2) is 0 Å². The first-order valence-electron chi connectivity index (χ1n) is 5.71. The fourth-order valence-corrected chi connectivity index (χ4v) is 2.95. The Morgan fingerprint density at radius 3 is 3.16 bits per heavy atom. The van der Waals surface area contributed by atoms with Gasteiger partial charge in [-0.1, -0.05) is 12.1 Å². The SMILES string of the molecule is COC(=O)C(C)CSCc1nc(-c2ccsc2)no1. The summed E-state index contributed by atoms with van der Waals surface area (Å²) in [5, 5.41) is 7.87. The molecule has 2 aromatic heterocycles. The summed E-state index contributed by atoms with van der Waals surface area (Å²) >= 11 is 3.17. The normalized spacial score (nSPS) is 12.3. The van der Waals surface area contributed by atoms with Gasteiger partial charge in [0, 0.05) is 16.7 Å². The van der Waals surface area contributed by atoms with E-state index in [1.54, 1.807) is 23.1 Å². The second kappa shape index (κ2) is 6.72. The first-order valence-corrected chi connectivity index (χ1v) is 7.81. The molecule has 0 aliphatic carbocycles. The van der Waals surface area contributed by atoms with Gasteiger partial charge in [-0.3, -0.25) is 4.79 Å². The molecule has 0 fully saturated rings. The first kappa shape index (κ1) is 14.1. The molecule has 1 atom stereocenters. The number of esters is 1. The second-order valence-electron chi connectivity index (χ2n) is 3.96. The minimum absolute atomic E-state index is 0.130. The second-order valence-corrected chi connectivity index (χ2v) is 5.77. The van der Waals surface area contributed by atoms with Crippen LogP contribution < -0.4 is 0 Å². The maximum Gasteiger partial charge on any atom is 0.309 e. The van der Waals surface area contributed by atoms with E-state index in [1.165, 1.54) is 7.11 Å². The highest BCUT2D eigenvalue weighted by Crippen LogP contribution is 2.21. The van der Waals surface area contributed by atoms with E-state index in [2.05, 4.69) is 14.9 Å². The Kier molecular flexibility index (Phi) is 4.98. The van der Waals surface area contributed by atoms with Crippen LogP contribution in [0.15, 0.2) is 21.3 Å². The van der Waals surface area contributed by atoms with Gasteiger partial charge in [0.05, 0.1) is 18.8 Å². The Morgan fingerprint density at radius 2 is 2.47 bits per heavy atom. The van der Waals surface area contributed by atoms with Crippen molar-refractivity contribution in [3.05, 3.63) is 22.7 Å². The minimum Gasteiger partial charge on any atom is -0.469 e. The van der Waals surface area contributed by atoms with Gasteiger partial charge in [0.2, 0.25) is 11.7 Å². The molecule has 0 aromatic carbocycles. The number of hydrogen-bond acceptors (Lipinski definition) is 7. The lowest BCUT2D eigenvalue weighted by molar-refractivity contribution is -0.143. The molecule has 0 aliphatic rings. The van der Waals surface area contributed by atoms with Crippen molar-refractivity contribution in [3.8, 4) is 11.4 Å². The predicted octanol–water partition coefficient (Wildman–Crippen LogP) is 2.84. The average Bonchev–Trinajstić information content (AvgIpc) is 3.07. The standard InChI is InChI=1S/C12H14N2O3S2/c1-8(12(15)16-2)5-19-7-10-13-11(14-17-10)9-3-4-18-6-9/h3-4,6,8H,5,7H2,1-2H3. The molecule has 2 heterocycles. The van der Waals surface area contributed by atoms with Crippen LogP contribution in [0.25, 0.3) is 11.4 Å². The zero-order valence-electron chi connectivity index (χ0n) is 10.7. The van der Waals surface area contributed by atoms with Gasteiger partial charge in [-0.2, -0.15) is 28.1 Å². The van der Waals surface area contributed by atoms with Crippen molar-refractivity contribution in [2.24, 2.45) is 5.92 Å². The van der Waals surface area contributed by atoms with Crippen LogP contribution in [-0.2, 0) is 15.3 Å². The zero-order valence-corrected chi connectivity index (χ0v) is 12.3. The van der Waals surface area contributed by atoms with Crippen LogP contribution >= 0.6 is 23.1 Å². The van der Waals surface area contributed by atoms with Gasteiger partial charge < -0.3 is 9.26 Å². The van der Waals surface area contributed by atoms with E-state index in [0.29, 0.717) is 23.2 Å². The van der Waals surface area contributed by atoms with Crippen molar-refractivity contribution >= 4 is 29.1 Å². The van der Waals surface area contributed by atoms with Crippen molar-refractivity contribution in [1.29, 1.82) is 0 Å². The number of hydrogen-bond donors (Lipinski definition) is 0. The minimum atomic E-state index is -0.197. The largest absolute Gasteiger partial charge is 0.469 e. The summed E-state index contributed by atoms with van der Waals surface area (Å²) in [6.07, 6.45) is 0. The van der Waals surface area contributed by atoms with Crippen LogP contribution in [0.3, 0.4) is 0 Å². The third-order valence-corrected chi connectivity index (χ3v) is 4.31. The topological polar surface area (TPSA) is 65.2 Å². The quantitative estimate of drug-likeness (QED) is 0.764. The Morgan fingerprint density at radius 1 is 1.63 bits per heavy atom. The Bertz CT molecular complexity index is 525. The molecule has 19 heavy (non-hydrogen) atoms. The van der Waals surface area contributed by atoms with E-state index in [0.717, 1.165) is 5.56 Å². The van der Waals surface area contributed by atoms with E-state index in [1.807, 2.05) is 23.8 Å².